The van der Waals surface area contributed by atoms with E-state index < -0.39 is 0 Å². The van der Waals surface area contributed by atoms with E-state index >= 15 is 0 Å². The predicted octanol–water partition coefficient (Wildman–Crippen LogP) is 3.09. The first-order chi connectivity index (χ1) is 14.7. The van der Waals surface area contributed by atoms with E-state index in [9.17, 15) is 4.79 Å². The average molecular weight is 403 g/mol. The Morgan fingerprint density at radius 1 is 1.13 bits per heavy atom. The number of aliphatic imine (C=N–C) groups is 1. The molecule has 0 saturated heterocycles. The molecular weight excluding hydrogens is 382 g/mol. The lowest BCUT2D eigenvalue weighted by Crippen LogP contribution is -2.43. The second-order valence-electron chi connectivity index (χ2n) is 7.23. The molecule has 0 spiro atoms. The van der Waals surface area contributed by atoms with Crippen LogP contribution >= 0.6 is 0 Å². The molecule has 3 aromatic rings. The number of hydrogen-bond acceptors (Lipinski definition) is 6. The van der Waals surface area contributed by atoms with Crippen LogP contribution < -0.4 is 19.7 Å². The van der Waals surface area contributed by atoms with Crippen molar-refractivity contribution in [1.82, 2.24) is 5.32 Å². The minimum absolute atomic E-state index is 0.0377. The number of benzene rings is 2. The molecule has 7 heteroatoms. The van der Waals surface area contributed by atoms with Crippen molar-refractivity contribution in [3.8, 4) is 11.5 Å². The maximum Gasteiger partial charge on any atom is 0.287 e. The van der Waals surface area contributed by atoms with E-state index in [-0.39, 0.29) is 18.7 Å². The zero-order chi connectivity index (χ0) is 20.5. The van der Waals surface area contributed by atoms with E-state index in [1.807, 2.05) is 49.5 Å². The zero-order valence-electron chi connectivity index (χ0n) is 16.5. The van der Waals surface area contributed by atoms with E-state index in [1.54, 1.807) is 12.1 Å². The SMILES string of the molecule is CN1c2cc3c(cc2C(c2ccccc2)=NCC1CNC(=O)c1ccco1)OCO3. The predicted molar refractivity (Wildman–Crippen MR) is 113 cm³/mol. The monoisotopic (exact) mass is 403 g/mol. The van der Waals surface area contributed by atoms with Crippen LogP contribution in [0.3, 0.4) is 0 Å². The van der Waals surface area contributed by atoms with Gasteiger partial charge in [0.25, 0.3) is 5.91 Å². The summed E-state index contributed by atoms with van der Waals surface area (Å²) in [5, 5.41) is 2.95. The van der Waals surface area contributed by atoms with Gasteiger partial charge in [0.2, 0.25) is 6.79 Å². The Labute approximate surface area is 173 Å². The van der Waals surface area contributed by atoms with Crippen molar-refractivity contribution < 1.29 is 18.7 Å². The number of furan rings is 1. The molecule has 0 bridgehead atoms. The van der Waals surface area contributed by atoms with Gasteiger partial charge in [0, 0.05) is 30.8 Å². The Kier molecular flexibility index (Phi) is 4.63. The van der Waals surface area contributed by atoms with Crippen molar-refractivity contribution in [3.63, 3.8) is 0 Å². The summed E-state index contributed by atoms with van der Waals surface area (Å²) >= 11 is 0. The highest BCUT2D eigenvalue weighted by molar-refractivity contribution is 6.16. The van der Waals surface area contributed by atoms with Crippen molar-refractivity contribution >= 4 is 17.3 Å². The van der Waals surface area contributed by atoms with Crippen molar-refractivity contribution in [3.05, 3.63) is 77.7 Å². The van der Waals surface area contributed by atoms with Crippen LogP contribution in [0.5, 0.6) is 11.5 Å². The highest BCUT2D eigenvalue weighted by atomic mass is 16.7. The lowest BCUT2D eigenvalue weighted by atomic mass is 9.99. The van der Waals surface area contributed by atoms with Gasteiger partial charge < -0.3 is 24.1 Å². The molecule has 2 aromatic carbocycles. The summed E-state index contributed by atoms with van der Waals surface area (Å²) in [5.74, 6) is 1.49. The maximum atomic E-state index is 12.3. The fourth-order valence-electron chi connectivity index (χ4n) is 3.76. The lowest BCUT2D eigenvalue weighted by Gasteiger charge is -2.29. The van der Waals surface area contributed by atoms with E-state index in [2.05, 4.69) is 10.2 Å². The van der Waals surface area contributed by atoms with Crippen LogP contribution in [-0.2, 0) is 0 Å². The molecule has 3 heterocycles. The zero-order valence-corrected chi connectivity index (χ0v) is 16.5. The van der Waals surface area contributed by atoms with Crippen molar-refractivity contribution in [1.29, 1.82) is 0 Å². The molecule has 1 atom stereocenters. The largest absolute Gasteiger partial charge is 0.459 e. The summed E-state index contributed by atoms with van der Waals surface area (Å²) in [6, 6.07) is 17.4. The molecule has 1 amide bonds. The normalized spacial score (nSPS) is 17.2. The van der Waals surface area contributed by atoms with E-state index in [1.165, 1.54) is 6.26 Å². The van der Waals surface area contributed by atoms with Gasteiger partial charge in [-0.05, 0) is 18.2 Å². The Bertz CT molecular complexity index is 1090. The highest BCUT2D eigenvalue weighted by Gasteiger charge is 2.28. The van der Waals surface area contributed by atoms with Gasteiger partial charge in [-0.2, -0.15) is 0 Å². The van der Waals surface area contributed by atoms with E-state index in [4.69, 9.17) is 18.9 Å². The number of ether oxygens (including phenoxy) is 2. The number of rotatable bonds is 4. The third-order valence-corrected chi connectivity index (χ3v) is 5.42. The molecule has 152 valence electrons. The molecule has 0 fully saturated rings. The average Bonchev–Trinajstić information content (AvgIpc) is 3.45. The quantitative estimate of drug-likeness (QED) is 0.725. The Balaban J connectivity index is 1.49. The number of carbonyl (C=O) groups excluding carboxylic acids is 1. The molecule has 7 nitrogen and oxygen atoms in total. The molecule has 0 saturated carbocycles. The highest BCUT2D eigenvalue weighted by Crippen LogP contribution is 2.40. The third kappa shape index (κ3) is 3.28. The summed E-state index contributed by atoms with van der Waals surface area (Å²) in [7, 11) is 2.01. The number of likely N-dealkylation sites (N-methyl/N-ethyl adjacent to an activating group) is 1. The molecular formula is C23H21N3O4. The van der Waals surface area contributed by atoms with Gasteiger partial charge in [-0.1, -0.05) is 30.3 Å². The van der Waals surface area contributed by atoms with Gasteiger partial charge in [0.15, 0.2) is 17.3 Å². The maximum absolute atomic E-state index is 12.3. The van der Waals surface area contributed by atoms with Crippen molar-refractivity contribution in [2.45, 2.75) is 6.04 Å². The standard InChI is InChI=1S/C23H21N3O4/c1-26-16(13-25-23(27)19-8-5-9-28-19)12-24-22(15-6-3-2-4-7-15)17-10-20-21(11-18(17)26)30-14-29-20/h2-11,16H,12-14H2,1H3,(H,25,27). The van der Waals surface area contributed by atoms with Crippen LogP contribution in [0.15, 0.2) is 70.3 Å². The second-order valence-corrected chi connectivity index (χ2v) is 7.23. The molecule has 2 aliphatic heterocycles. The number of hydrogen-bond donors (Lipinski definition) is 1. The topological polar surface area (TPSA) is 76.3 Å². The number of nitrogens with one attached hydrogen (secondary N) is 1. The van der Waals surface area contributed by atoms with Gasteiger partial charge in [0.05, 0.1) is 30.2 Å². The fraction of sp³-hybridized carbons (Fsp3) is 0.217. The summed E-state index contributed by atoms with van der Waals surface area (Å²) in [4.78, 5) is 19.4. The van der Waals surface area contributed by atoms with Gasteiger partial charge >= 0.3 is 0 Å². The first kappa shape index (κ1) is 18.3. The smallest absolute Gasteiger partial charge is 0.287 e. The molecule has 2 aliphatic rings. The Morgan fingerprint density at radius 2 is 1.93 bits per heavy atom. The molecule has 0 radical (unpaired) electrons. The number of carbonyl (C=O) groups is 1. The number of nitrogens with zero attached hydrogens (tertiary/aromatic N) is 2. The molecule has 1 unspecified atom stereocenters. The van der Waals surface area contributed by atoms with Crippen LogP contribution in [0.4, 0.5) is 5.69 Å². The number of fused-ring (bicyclic) bond motifs is 2. The second kappa shape index (κ2) is 7.59. The summed E-state index contributed by atoms with van der Waals surface area (Å²) in [5.41, 5.74) is 3.89. The van der Waals surface area contributed by atoms with Crippen LogP contribution in [0.1, 0.15) is 21.7 Å². The first-order valence-corrected chi connectivity index (χ1v) is 9.79. The minimum atomic E-state index is -0.240. The van der Waals surface area contributed by atoms with Crippen LogP contribution in [-0.4, -0.2) is 44.6 Å². The first-order valence-electron chi connectivity index (χ1n) is 9.79. The van der Waals surface area contributed by atoms with Gasteiger partial charge in [-0.15, -0.1) is 0 Å². The molecule has 5 rings (SSSR count). The molecule has 0 aliphatic carbocycles. The van der Waals surface area contributed by atoms with Crippen LogP contribution in [0.2, 0.25) is 0 Å². The summed E-state index contributed by atoms with van der Waals surface area (Å²) < 4.78 is 16.4. The summed E-state index contributed by atoms with van der Waals surface area (Å²) in [6.45, 7) is 1.16. The Hall–Kier alpha value is -3.74. The molecule has 1 N–H and O–H groups in total. The van der Waals surface area contributed by atoms with Crippen LogP contribution in [0, 0.1) is 0 Å². The minimum Gasteiger partial charge on any atom is -0.459 e. The van der Waals surface area contributed by atoms with Crippen molar-refractivity contribution in [2.75, 3.05) is 31.8 Å². The lowest BCUT2D eigenvalue weighted by molar-refractivity contribution is 0.0923. The number of anilines is 1. The van der Waals surface area contributed by atoms with Crippen molar-refractivity contribution in [2.24, 2.45) is 4.99 Å². The molecule has 30 heavy (non-hydrogen) atoms. The fourth-order valence-corrected chi connectivity index (χ4v) is 3.76. The third-order valence-electron chi connectivity index (χ3n) is 5.42. The number of amides is 1. The van der Waals surface area contributed by atoms with Gasteiger partial charge in [0.1, 0.15) is 0 Å². The van der Waals surface area contributed by atoms with Gasteiger partial charge in [-0.25, -0.2) is 0 Å². The molecule has 1 aromatic heterocycles. The Morgan fingerprint density at radius 3 is 2.70 bits per heavy atom. The van der Waals surface area contributed by atoms with Gasteiger partial charge in [-0.3, -0.25) is 9.79 Å². The van der Waals surface area contributed by atoms with E-state index in [0.717, 1.165) is 28.3 Å². The van der Waals surface area contributed by atoms with Crippen LogP contribution in [0.25, 0.3) is 0 Å². The van der Waals surface area contributed by atoms with E-state index in [0.29, 0.717) is 24.6 Å². The summed E-state index contributed by atoms with van der Waals surface area (Å²) in [6.07, 6.45) is 1.49.